The van der Waals surface area contributed by atoms with Gasteiger partial charge in [0.05, 0.1) is 6.04 Å². The first kappa shape index (κ1) is 18.6. The molecule has 0 aliphatic carbocycles. The van der Waals surface area contributed by atoms with Crippen LogP contribution in [-0.2, 0) is 4.79 Å². The maximum Gasteiger partial charge on any atom is 0.244 e. The van der Waals surface area contributed by atoms with E-state index >= 15 is 0 Å². The number of carbonyl (C=O) groups is 1. The van der Waals surface area contributed by atoms with Gasteiger partial charge in [-0.2, -0.15) is 4.98 Å². The Morgan fingerprint density at radius 3 is 2.42 bits per heavy atom. The monoisotopic (exact) mass is 356 g/mol. The van der Waals surface area contributed by atoms with Gasteiger partial charge in [0.15, 0.2) is 0 Å². The van der Waals surface area contributed by atoms with E-state index in [0.717, 1.165) is 31.7 Å². The lowest BCUT2D eigenvalue weighted by Gasteiger charge is -2.37. The van der Waals surface area contributed by atoms with Gasteiger partial charge in [-0.3, -0.25) is 9.69 Å². The quantitative estimate of drug-likeness (QED) is 0.840. The van der Waals surface area contributed by atoms with Crippen molar-refractivity contribution in [2.45, 2.75) is 40.2 Å². The van der Waals surface area contributed by atoms with Crippen molar-refractivity contribution in [1.82, 2.24) is 19.9 Å². The number of aromatic nitrogens is 2. The zero-order chi connectivity index (χ0) is 18.7. The summed E-state index contributed by atoms with van der Waals surface area (Å²) in [6.45, 7) is 11.5. The number of benzene rings is 1. The number of hydrogen-bond acceptors (Lipinski definition) is 5. The average molecular weight is 356 g/mol. The standard InChI is InChI=1S/C20H28N4O2/c1-15(19-21-18(22-26-19)16-8-6-5-7-9-16)23-10-12-24(13-11-23)17(25)14-20(2,3)4/h5-9,15H,10-14H2,1-4H3. The van der Waals surface area contributed by atoms with Gasteiger partial charge >= 0.3 is 0 Å². The molecule has 3 rings (SSSR count). The van der Waals surface area contributed by atoms with Crippen LogP contribution >= 0.6 is 0 Å². The van der Waals surface area contributed by atoms with Gasteiger partial charge in [-0.15, -0.1) is 0 Å². The van der Waals surface area contributed by atoms with Crippen molar-refractivity contribution in [3.05, 3.63) is 36.2 Å². The van der Waals surface area contributed by atoms with Crippen molar-refractivity contribution in [2.24, 2.45) is 5.41 Å². The third-order valence-electron chi connectivity index (χ3n) is 4.73. The first-order valence-corrected chi connectivity index (χ1v) is 9.24. The molecule has 1 aromatic carbocycles. The summed E-state index contributed by atoms with van der Waals surface area (Å²) in [5.74, 6) is 1.48. The van der Waals surface area contributed by atoms with Gasteiger partial charge in [0.1, 0.15) is 0 Å². The summed E-state index contributed by atoms with van der Waals surface area (Å²) in [4.78, 5) is 21.2. The summed E-state index contributed by atoms with van der Waals surface area (Å²) >= 11 is 0. The molecule has 1 unspecified atom stereocenters. The molecule has 26 heavy (non-hydrogen) atoms. The Bertz CT molecular complexity index is 728. The van der Waals surface area contributed by atoms with E-state index in [0.29, 0.717) is 18.1 Å². The van der Waals surface area contributed by atoms with E-state index in [9.17, 15) is 4.79 Å². The number of piperazine rings is 1. The molecule has 140 valence electrons. The van der Waals surface area contributed by atoms with Crippen molar-refractivity contribution in [3.8, 4) is 11.4 Å². The van der Waals surface area contributed by atoms with Gasteiger partial charge in [-0.1, -0.05) is 56.3 Å². The number of rotatable bonds is 4. The highest BCUT2D eigenvalue weighted by Gasteiger charge is 2.29. The fourth-order valence-corrected chi connectivity index (χ4v) is 3.19. The van der Waals surface area contributed by atoms with E-state index in [4.69, 9.17) is 4.52 Å². The van der Waals surface area contributed by atoms with Crippen LogP contribution in [0.3, 0.4) is 0 Å². The van der Waals surface area contributed by atoms with Crippen molar-refractivity contribution in [2.75, 3.05) is 26.2 Å². The molecule has 2 aromatic rings. The van der Waals surface area contributed by atoms with E-state index in [1.807, 2.05) is 35.2 Å². The zero-order valence-corrected chi connectivity index (χ0v) is 16.1. The predicted octanol–water partition coefficient (Wildman–Crippen LogP) is 3.38. The fraction of sp³-hybridized carbons (Fsp3) is 0.550. The molecule has 0 N–H and O–H groups in total. The second-order valence-electron chi connectivity index (χ2n) is 8.15. The van der Waals surface area contributed by atoms with Crippen molar-refractivity contribution >= 4 is 5.91 Å². The largest absolute Gasteiger partial charge is 0.340 e. The van der Waals surface area contributed by atoms with Gasteiger partial charge in [0.2, 0.25) is 17.6 Å². The number of amides is 1. The summed E-state index contributed by atoms with van der Waals surface area (Å²) in [5.41, 5.74) is 0.978. The third kappa shape index (κ3) is 4.49. The Labute approximate surface area is 155 Å². The molecule has 0 bridgehead atoms. The third-order valence-corrected chi connectivity index (χ3v) is 4.73. The minimum absolute atomic E-state index is 0.0269. The number of nitrogens with zero attached hydrogens (tertiary/aromatic N) is 4. The highest BCUT2D eigenvalue weighted by molar-refractivity contribution is 5.76. The second-order valence-corrected chi connectivity index (χ2v) is 8.15. The molecule has 1 aliphatic heterocycles. The van der Waals surface area contributed by atoms with Crippen LogP contribution in [0.25, 0.3) is 11.4 Å². The Morgan fingerprint density at radius 1 is 1.15 bits per heavy atom. The molecule has 6 heteroatoms. The summed E-state index contributed by atoms with van der Waals surface area (Å²) in [6.07, 6.45) is 0.590. The van der Waals surface area contributed by atoms with E-state index < -0.39 is 0 Å². The first-order valence-electron chi connectivity index (χ1n) is 9.24. The fourth-order valence-electron chi connectivity index (χ4n) is 3.19. The molecule has 1 amide bonds. The van der Waals surface area contributed by atoms with Crippen LogP contribution in [0.2, 0.25) is 0 Å². The molecular weight excluding hydrogens is 328 g/mol. The van der Waals surface area contributed by atoms with Crippen LogP contribution < -0.4 is 0 Å². The van der Waals surface area contributed by atoms with E-state index in [-0.39, 0.29) is 17.4 Å². The molecule has 1 aliphatic rings. The first-order chi connectivity index (χ1) is 12.3. The Balaban J connectivity index is 1.58. The van der Waals surface area contributed by atoms with Crippen LogP contribution in [0, 0.1) is 5.41 Å². The van der Waals surface area contributed by atoms with Gasteiger partial charge in [-0.05, 0) is 12.3 Å². The summed E-state index contributed by atoms with van der Waals surface area (Å²) in [6, 6.07) is 9.87. The Kier molecular flexibility index (Phi) is 5.41. The lowest BCUT2D eigenvalue weighted by Crippen LogP contribution is -2.49. The molecule has 6 nitrogen and oxygen atoms in total. The maximum absolute atomic E-state index is 12.4. The van der Waals surface area contributed by atoms with Crippen molar-refractivity contribution < 1.29 is 9.32 Å². The minimum Gasteiger partial charge on any atom is -0.340 e. The van der Waals surface area contributed by atoms with E-state index in [1.165, 1.54) is 0 Å². The lowest BCUT2D eigenvalue weighted by molar-refractivity contribution is -0.135. The molecule has 1 fully saturated rings. The minimum atomic E-state index is 0.0269. The van der Waals surface area contributed by atoms with Crippen LogP contribution in [0.4, 0.5) is 0 Å². The van der Waals surface area contributed by atoms with Gasteiger partial charge in [0, 0.05) is 38.2 Å². The van der Waals surface area contributed by atoms with E-state index in [1.54, 1.807) is 0 Å². The van der Waals surface area contributed by atoms with Crippen LogP contribution in [0.5, 0.6) is 0 Å². The summed E-state index contributed by atoms with van der Waals surface area (Å²) in [7, 11) is 0. The van der Waals surface area contributed by atoms with Crippen molar-refractivity contribution in [3.63, 3.8) is 0 Å². The molecular formula is C20H28N4O2. The second kappa shape index (κ2) is 7.58. The molecule has 1 saturated heterocycles. The lowest BCUT2D eigenvalue weighted by atomic mass is 9.91. The predicted molar refractivity (Wildman–Crippen MR) is 100 cm³/mol. The van der Waals surface area contributed by atoms with Crippen molar-refractivity contribution in [1.29, 1.82) is 0 Å². The van der Waals surface area contributed by atoms with Crippen LogP contribution in [0.1, 0.15) is 46.0 Å². The summed E-state index contributed by atoms with van der Waals surface area (Å²) < 4.78 is 5.49. The SMILES string of the molecule is CC(c1nc(-c2ccccc2)no1)N1CCN(C(=O)CC(C)(C)C)CC1. The Morgan fingerprint density at radius 2 is 1.81 bits per heavy atom. The van der Waals surface area contributed by atoms with Gasteiger partial charge in [-0.25, -0.2) is 0 Å². The summed E-state index contributed by atoms with van der Waals surface area (Å²) in [5, 5.41) is 4.11. The number of carbonyl (C=O) groups excluding carboxylic acids is 1. The van der Waals surface area contributed by atoms with Gasteiger partial charge < -0.3 is 9.42 Å². The van der Waals surface area contributed by atoms with E-state index in [2.05, 4.69) is 42.7 Å². The highest BCUT2D eigenvalue weighted by atomic mass is 16.5. The van der Waals surface area contributed by atoms with Gasteiger partial charge in [0.25, 0.3) is 0 Å². The zero-order valence-electron chi connectivity index (χ0n) is 16.1. The molecule has 1 aromatic heterocycles. The smallest absolute Gasteiger partial charge is 0.244 e. The Hall–Kier alpha value is -2.21. The molecule has 0 spiro atoms. The molecule has 2 heterocycles. The molecule has 0 radical (unpaired) electrons. The molecule has 0 saturated carbocycles. The van der Waals surface area contributed by atoms with Crippen LogP contribution in [0.15, 0.2) is 34.9 Å². The maximum atomic E-state index is 12.4. The topological polar surface area (TPSA) is 62.5 Å². The highest BCUT2D eigenvalue weighted by Crippen LogP contribution is 2.25. The normalized spacial score (nSPS) is 17.3. The van der Waals surface area contributed by atoms with Crippen LogP contribution in [-0.4, -0.2) is 52.0 Å². The number of hydrogen-bond donors (Lipinski definition) is 0. The average Bonchev–Trinajstić information content (AvgIpc) is 3.11. The molecule has 1 atom stereocenters.